The Morgan fingerprint density at radius 1 is 1.07 bits per heavy atom. The minimum absolute atomic E-state index is 0.148. The molecule has 2 N–H and O–H groups in total. The van der Waals surface area contributed by atoms with Gasteiger partial charge in [-0.05, 0) is 42.5 Å². The molecule has 8 heteroatoms. The van der Waals surface area contributed by atoms with E-state index in [1.807, 2.05) is 0 Å². The van der Waals surface area contributed by atoms with Crippen LogP contribution in [0.3, 0.4) is 0 Å². The normalized spacial score (nSPS) is 10.3. The Balaban J connectivity index is 1.54. The number of rotatable bonds is 6. The van der Waals surface area contributed by atoms with Gasteiger partial charge >= 0.3 is 0 Å². The van der Waals surface area contributed by atoms with Crippen LogP contribution < -0.4 is 15.4 Å². The number of ether oxygens (including phenoxy) is 1. The Hall–Kier alpha value is -3.68. The number of aromatic nitrogens is 2. The van der Waals surface area contributed by atoms with Crippen LogP contribution in [0.4, 0.5) is 11.4 Å². The van der Waals surface area contributed by atoms with Crippen molar-refractivity contribution in [3.05, 3.63) is 54.4 Å². The van der Waals surface area contributed by atoms with Crippen LogP contribution in [-0.4, -0.2) is 28.6 Å². The molecule has 2 aromatic carbocycles. The van der Waals surface area contributed by atoms with Crippen LogP contribution in [0, 0.1) is 6.92 Å². The summed E-state index contributed by atoms with van der Waals surface area (Å²) in [6.45, 7) is 2.99. The van der Waals surface area contributed by atoms with Crippen LogP contribution in [0.5, 0.6) is 5.75 Å². The Bertz CT molecular complexity index is 950. The zero-order valence-electron chi connectivity index (χ0n) is 14.9. The number of aryl methyl sites for hydroxylation is 1. The van der Waals surface area contributed by atoms with Crippen molar-refractivity contribution in [1.29, 1.82) is 0 Å². The fourth-order valence-electron chi connectivity index (χ4n) is 2.34. The molecule has 0 aliphatic heterocycles. The molecule has 0 bridgehead atoms. The summed E-state index contributed by atoms with van der Waals surface area (Å²) in [6.07, 6.45) is 0. The molecule has 27 heavy (non-hydrogen) atoms. The lowest BCUT2D eigenvalue weighted by atomic mass is 10.2. The monoisotopic (exact) mass is 366 g/mol. The van der Waals surface area contributed by atoms with E-state index >= 15 is 0 Å². The van der Waals surface area contributed by atoms with Crippen LogP contribution in [0.25, 0.3) is 11.4 Å². The minimum Gasteiger partial charge on any atom is -0.484 e. The van der Waals surface area contributed by atoms with E-state index in [1.165, 1.54) is 6.92 Å². The molecule has 1 heterocycles. The molecular formula is C19H18N4O4. The number of nitrogens with zero attached hydrogens (tertiary/aromatic N) is 2. The first kappa shape index (κ1) is 18.1. The Morgan fingerprint density at radius 2 is 1.78 bits per heavy atom. The van der Waals surface area contributed by atoms with Crippen LogP contribution in [-0.2, 0) is 9.59 Å². The zero-order chi connectivity index (χ0) is 19.2. The van der Waals surface area contributed by atoms with Crippen LogP contribution in [0.2, 0.25) is 0 Å². The standard InChI is InChI=1S/C19H18N4O4/c1-12(24)20-15-4-3-5-16(10-15)22-18(25)11-26-17-8-6-14(7-9-17)19-21-13(2)27-23-19/h3-10H,11H2,1-2H3,(H,20,24)(H,22,25). The summed E-state index contributed by atoms with van der Waals surface area (Å²) in [5.74, 6) is 1.04. The second-order valence-corrected chi connectivity index (χ2v) is 5.76. The second-order valence-electron chi connectivity index (χ2n) is 5.76. The maximum absolute atomic E-state index is 12.1. The molecule has 1 aromatic heterocycles. The largest absolute Gasteiger partial charge is 0.484 e. The topological polar surface area (TPSA) is 106 Å². The molecule has 3 aromatic rings. The summed E-state index contributed by atoms with van der Waals surface area (Å²) in [6, 6.07) is 13.9. The van der Waals surface area contributed by atoms with Crippen molar-refractivity contribution in [1.82, 2.24) is 10.1 Å². The molecule has 0 aliphatic carbocycles. The highest BCUT2D eigenvalue weighted by molar-refractivity contribution is 5.94. The first-order valence-electron chi connectivity index (χ1n) is 8.20. The molecule has 8 nitrogen and oxygen atoms in total. The van der Waals surface area contributed by atoms with E-state index in [4.69, 9.17) is 9.26 Å². The molecule has 0 radical (unpaired) electrons. The molecule has 0 aliphatic rings. The third-order valence-corrected chi connectivity index (χ3v) is 3.48. The molecule has 138 valence electrons. The maximum Gasteiger partial charge on any atom is 0.262 e. The number of anilines is 2. The van der Waals surface area contributed by atoms with Crippen molar-refractivity contribution in [3.8, 4) is 17.1 Å². The van der Waals surface area contributed by atoms with Gasteiger partial charge in [0, 0.05) is 30.8 Å². The number of benzene rings is 2. The van der Waals surface area contributed by atoms with Crippen LogP contribution in [0.1, 0.15) is 12.8 Å². The molecule has 0 saturated heterocycles. The van der Waals surface area contributed by atoms with E-state index < -0.39 is 0 Å². The number of hydrogen-bond donors (Lipinski definition) is 2. The second kappa shape index (κ2) is 8.13. The van der Waals surface area contributed by atoms with E-state index in [9.17, 15) is 9.59 Å². The molecule has 0 spiro atoms. The lowest BCUT2D eigenvalue weighted by molar-refractivity contribution is -0.118. The summed E-state index contributed by atoms with van der Waals surface area (Å²) in [5.41, 5.74) is 1.96. The Kier molecular flexibility index (Phi) is 5.46. The van der Waals surface area contributed by atoms with E-state index in [-0.39, 0.29) is 18.4 Å². The number of amides is 2. The van der Waals surface area contributed by atoms with Gasteiger partial charge in [0.25, 0.3) is 5.91 Å². The zero-order valence-corrected chi connectivity index (χ0v) is 14.9. The summed E-state index contributed by atoms with van der Waals surface area (Å²) >= 11 is 0. The molecule has 0 saturated carbocycles. The SMILES string of the molecule is CC(=O)Nc1cccc(NC(=O)COc2ccc(-c3noc(C)n3)cc2)c1. The molecule has 3 rings (SSSR count). The number of hydrogen-bond acceptors (Lipinski definition) is 6. The first-order valence-corrected chi connectivity index (χ1v) is 8.20. The molecule has 0 atom stereocenters. The summed E-state index contributed by atoms with van der Waals surface area (Å²) in [5, 5.41) is 9.22. The van der Waals surface area contributed by atoms with Gasteiger partial charge in [-0.15, -0.1) is 0 Å². The summed E-state index contributed by atoms with van der Waals surface area (Å²) < 4.78 is 10.4. The molecule has 0 fully saturated rings. The first-order chi connectivity index (χ1) is 13.0. The number of nitrogens with one attached hydrogen (secondary N) is 2. The highest BCUT2D eigenvalue weighted by Crippen LogP contribution is 2.20. The summed E-state index contributed by atoms with van der Waals surface area (Å²) in [7, 11) is 0. The van der Waals surface area contributed by atoms with Crippen molar-refractivity contribution in [2.75, 3.05) is 17.2 Å². The van der Waals surface area contributed by atoms with Gasteiger partial charge in [0.2, 0.25) is 17.6 Å². The quantitative estimate of drug-likeness (QED) is 0.694. The van der Waals surface area contributed by atoms with E-state index in [0.717, 1.165) is 5.56 Å². The smallest absolute Gasteiger partial charge is 0.262 e. The molecule has 2 amide bonds. The average Bonchev–Trinajstić information content (AvgIpc) is 3.06. The van der Waals surface area contributed by atoms with Gasteiger partial charge in [-0.25, -0.2) is 0 Å². The van der Waals surface area contributed by atoms with Crippen molar-refractivity contribution in [2.24, 2.45) is 0 Å². The van der Waals surface area contributed by atoms with Gasteiger partial charge in [0.15, 0.2) is 6.61 Å². The van der Waals surface area contributed by atoms with Gasteiger partial charge in [-0.1, -0.05) is 11.2 Å². The van der Waals surface area contributed by atoms with Gasteiger partial charge in [-0.2, -0.15) is 4.98 Å². The Morgan fingerprint density at radius 3 is 2.41 bits per heavy atom. The van der Waals surface area contributed by atoms with Gasteiger partial charge in [0.05, 0.1) is 0 Å². The lowest BCUT2D eigenvalue weighted by Crippen LogP contribution is -2.20. The lowest BCUT2D eigenvalue weighted by Gasteiger charge is -2.09. The fourth-order valence-corrected chi connectivity index (χ4v) is 2.34. The summed E-state index contributed by atoms with van der Waals surface area (Å²) in [4.78, 5) is 27.3. The predicted molar refractivity (Wildman–Crippen MR) is 99.3 cm³/mol. The maximum atomic E-state index is 12.1. The highest BCUT2D eigenvalue weighted by Gasteiger charge is 2.08. The van der Waals surface area contributed by atoms with Gasteiger partial charge < -0.3 is 19.9 Å². The number of carbonyl (C=O) groups excluding carboxylic acids is 2. The Labute approximate surface area is 155 Å². The molecular weight excluding hydrogens is 348 g/mol. The van der Waals surface area contributed by atoms with Crippen molar-refractivity contribution in [3.63, 3.8) is 0 Å². The number of carbonyl (C=O) groups is 2. The van der Waals surface area contributed by atoms with E-state index in [2.05, 4.69) is 20.8 Å². The fraction of sp³-hybridized carbons (Fsp3) is 0.158. The van der Waals surface area contributed by atoms with E-state index in [1.54, 1.807) is 55.5 Å². The van der Waals surface area contributed by atoms with Gasteiger partial charge in [-0.3, -0.25) is 9.59 Å². The third kappa shape index (κ3) is 5.15. The van der Waals surface area contributed by atoms with Crippen molar-refractivity contribution < 1.29 is 18.8 Å². The highest BCUT2D eigenvalue weighted by atomic mass is 16.5. The average molecular weight is 366 g/mol. The van der Waals surface area contributed by atoms with Crippen molar-refractivity contribution >= 4 is 23.2 Å². The van der Waals surface area contributed by atoms with Crippen LogP contribution >= 0.6 is 0 Å². The van der Waals surface area contributed by atoms with Gasteiger partial charge in [0.1, 0.15) is 5.75 Å². The van der Waals surface area contributed by atoms with Crippen LogP contribution in [0.15, 0.2) is 53.1 Å². The van der Waals surface area contributed by atoms with Crippen molar-refractivity contribution in [2.45, 2.75) is 13.8 Å². The minimum atomic E-state index is -0.312. The molecule has 0 unspecified atom stereocenters. The van der Waals surface area contributed by atoms with E-state index in [0.29, 0.717) is 28.8 Å². The third-order valence-electron chi connectivity index (χ3n) is 3.48. The predicted octanol–water partition coefficient (Wildman–Crippen LogP) is 3.02.